The summed E-state index contributed by atoms with van der Waals surface area (Å²) in [4.78, 5) is 15.0. The van der Waals surface area contributed by atoms with Gasteiger partial charge in [-0.2, -0.15) is 0 Å². The Balaban J connectivity index is 2.32. The zero-order valence-electron chi connectivity index (χ0n) is 4.96. The first-order valence-electron chi connectivity index (χ1n) is 2.72. The fraction of sp³-hybridized carbons (Fsp3) is 0.500. The first kappa shape index (κ1) is 6.12. The number of carbonyl (C=O) groups is 1. The van der Waals surface area contributed by atoms with E-state index in [9.17, 15) is 4.79 Å². The van der Waals surface area contributed by atoms with Crippen LogP contribution in [-0.2, 0) is 9.63 Å². The van der Waals surface area contributed by atoms with Gasteiger partial charge >= 0.3 is 5.97 Å². The smallest absolute Gasteiger partial charge is 0.326 e. The van der Waals surface area contributed by atoms with Gasteiger partial charge in [-0.25, -0.2) is 0 Å². The number of nitrogens with zero attached hydrogens (tertiary/aromatic N) is 1. The van der Waals surface area contributed by atoms with Crippen molar-refractivity contribution < 1.29 is 9.63 Å². The van der Waals surface area contributed by atoms with Gasteiger partial charge in [0.25, 0.3) is 0 Å². The van der Waals surface area contributed by atoms with Crippen molar-refractivity contribution in [2.24, 2.45) is 0 Å². The molecule has 0 aliphatic carbocycles. The molecule has 1 fully saturated rings. The highest BCUT2D eigenvalue weighted by atomic mass is 16.7. The van der Waals surface area contributed by atoms with Crippen molar-refractivity contribution in [2.45, 2.75) is 6.42 Å². The molecule has 0 spiro atoms. The second-order valence-electron chi connectivity index (χ2n) is 1.78. The van der Waals surface area contributed by atoms with Gasteiger partial charge in [0, 0.05) is 6.54 Å². The number of hydroxylamine groups is 2. The average Bonchev–Trinajstić information content (AvgIpc) is 2.17. The van der Waals surface area contributed by atoms with Crippen LogP contribution in [0.3, 0.4) is 0 Å². The van der Waals surface area contributed by atoms with Crippen molar-refractivity contribution in [3.8, 4) is 12.3 Å². The maximum absolute atomic E-state index is 10.4. The Morgan fingerprint density at radius 2 is 2.67 bits per heavy atom. The third kappa shape index (κ3) is 1.44. The molecule has 1 rings (SSSR count). The van der Waals surface area contributed by atoms with E-state index >= 15 is 0 Å². The number of terminal acetylenes is 1. The topological polar surface area (TPSA) is 29.5 Å². The number of rotatable bonds is 1. The molecule has 0 aromatic carbocycles. The van der Waals surface area contributed by atoms with E-state index in [0.29, 0.717) is 19.5 Å². The maximum Gasteiger partial charge on any atom is 0.326 e. The number of carbonyl (C=O) groups excluding carboxylic acids is 1. The molecule has 1 saturated heterocycles. The first-order valence-corrected chi connectivity index (χ1v) is 2.72. The van der Waals surface area contributed by atoms with Gasteiger partial charge in [-0.1, -0.05) is 5.92 Å². The van der Waals surface area contributed by atoms with Gasteiger partial charge in [0.2, 0.25) is 0 Å². The monoisotopic (exact) mass is 125 g/mol. The third-order valence-electron chi connectivity index (χ3n) is 1.06. The highest BCUT2D eigenvalue weighted by Crippen LogP contribution is 2.03. The van der Waals surface area contributed by atoms with Crippen LogP contribution in [0.1, 0.15) is 6.42 Å². The first-order chi connectivity index (χ1) is 4.33. The Morgan fingerprint density at radius 1 is 1.89 bits per heavy atom. The Morgan fingerprint density at radius 3 is 3.11 bits per heavy atom. The predicted molar refractivity (Wildman–Crippen MR) is 31.1 cm³/mol. The minimum Gasteiger partial charge on any atom is -0.367 e. The Bertz CT molecular complexity index is 159. The molecule has 0 N–H and O–H groups in total. The second kappa shape index (κ2) is 2.51. The highest BCUT2D eigenvalue weighted by molar-refractivity contribution is 5.70. The van der Waals surface area contributed by atoms with Crippen LogP contribution >= 0.6 is 0 Å². The van der Waals surface area contributed by atoms with E-state index in [1.165, 1.54) is 5.06 Å². The number of hydrogen-bond donors (Lipinski definition) is 0. The zero-order chi connectivity index (χ0) is 6.69. The molecule has 1 heterocycles. The molecular weight excluding hydrogens is 118 g/mol. The lowest BCUT2D eigenvalue weighted by molar-refractivity contribution is -0.167. The van der Waals surface area contributed by atoms with Crippen LogP contribution in [0.5, 0.6) is 0 Å². The van der Waals surface area contributed by atoms with Gasteiger partial charge in [-0.15, -0.1) is 11.5 Å². The molecule has 0 aromatic heterocycles. The van der Waals surface area contributed by atoms with Crippen LogP contribution in [0, 0.1) is 12.3 Å². The van der Waals surface area contributed by atoms with Gasteiger partial charge < -0.3 is 4.84 Å². The fourth-order valence-corrected chi connectivity index (χ4v) is 0.664. The SMILES string of the molecule is C#CCN1CCC(=O)O1. The molecular formula is C6H7NO2. The summed E-state index contributed by atoms with van der Waals surface area (Å²) in [6.45, 7) is 1.02. The van der Waals surface area contributed by atoms with Crippen LogP contribution in [0.4, 0.5) is 0 Å². The largest absolute Gasteiger partial charge is 0.367 e. The summed E-state index contributed by atoms with van der Waals surface area (Å²) in [7, 11) is 0. The minimum atomic E-state index is -0.190. The van der Waals surface area contributed by atoms with Crippen LogP contribution < -0.4 is 0 Å². The molecule has 48 valence electrons. The minimum absolute atomic E-state index is 0.190. The molecule has 0 unspecified atom stereocenters. The summed E-state index contributed by atoms with van der Waals surface area (Å²) in [5, 5.41) is 1.47. The van der Waals surface area contributed by atoms with Gasteiger partial charge in [-0.05, 0) is 0 Å². The Hall–Kier alpha value is -1.01. The lowest BCUT2D eigenvalue weighted by Crippen LogP contribution is -2.18. The predicted octanol–water partition coefficient (Wildman–Crippen LogP) is -0.216. The van der Waals surface area contributed by atoms with Gasteiger partial charge in [0.15, 0.2) is 0 Å². The highest BCUT2D eigenvalue weighted by Gasteiger charge is 2.19. The molecule has 9 heavy (non-hydrogen) atoms. The molecule has 3 heteroatoms. The fourth-order valence-electron chi connectivity index (χ4n) is 0.664. The summed E-state index contributed by atoms with van der Waals surface area (Å²) < 4.78 is 0. The van der Waals surface area contributed by atoms with E-state index in [1.54, 1.807) is 0 Å². The van der Waals surface area contributed by atoms with E-state index in [4.69, 9.17) is 6.42 Å². The summed E-state index contributed by atoms with van der Waals surface area (Å²) in [5.41, 5.74) is 0. The molecule has 0 bridgehead atoms. The number of hydrogen-bond acceptors (Lipinski definition) is 3. The molecule has 0 saturated carbocycles. The van der Waals surface area contributed by atoms with Gasteiger partial charge in [0.05, 0.1) is 13.0 Å². The third-order valence-corrected chi connectivity index (χ3v) is 1.06. The van der Waals surface area contributed by atoms with Crippen molar-refractivity contribution in [1.29, 1.82) is 0 Å². The summed E-state index contributed by atoms with van der Waals surface area (Å²) in [5.74, 6) is 2.19. The summed E-state index contributed by atoms with van der Waals surface area (Å²) in [6, 6.07) is 0. The molecule has 0 amide bonds. The normalized spacial score (nSPS) is 19.2. The van der Waals surface area contributed by atoms with E-state index in [2.05, 4.69) is 10.8 Å². The van der Waals surface area contributed by atoms with E-state index in [0.717, 1.165) is 0 Å². The molecule has 3 nitrogen and oxygen atoms in total. The molecule has 1 aliphatic heterocycles. The summed E-state index contributed by atoms with van der Waals surface area (Å²) >= 11 is 0. The molecule has 0 radical (unpaired) electrons. The average molecular weight is 125 g/mol. The van der Waals surface area contributed by atoms with Crippen molar-refractivity contribution in [3.05, 3.63) is 0 Å². The maximum atomic E-state index is 10.4. The van der Waals surface area contributed by atoms with E-state index < -0.39 is 0 Å². The quantitative estimate of drug-likeness (QED) is 0.454. The lowest BCUT2D eigenvalue weighted by atomic mass is 10.4. The summed E-state index contributed by atoms with van der Waals surface area (Å²) in [6.07, 6.45) is 5.43. The van der Waals surface area contributed by atoms with Crippen LogP contribution in [-0.4, -0.2) is 24.1 Å². The second-order valence-corrected chi connectivity index (χ2v) is 1.78. The van der Waals surface area contributed by atoms with Gasteiger partial charge in [-0.3, -0.25) is 4.79 Å². The van der Waals surface area contributed by atoms with Crippen molar-refractivity contribution >= 4 is 5.97 Å². The lowest BCUT2D eigenvalue weighted by Gasteiger charge is -2.06. The van der Waals surface area contributed by atoms with Gasteiger partial charge in [0.1, 0.15) is 0 Å². The molecule has 0 atom stereocenters. The molecule has 0 aromatic rings. The van der Waals surface area contributed by atoms with E-state index in [-0.39, 0.29) is 5.97 Å². The van der Waals surface area contributed by atoms with Crippen molar-refractivity contribution in [3.63, 3.8) is 0 Å². The van der Waals surface area contributed by atoms with E-state index in [1.807, 2.05) is 0 Å². The van der Waals surface area contributed by atoms with Crippen LogP contribution in [0.25, 0.3) is 0 Å². The van der Waals surface area contributed by atoms with Crippen molar-refractivity contribution in [1.82, 2.24) is 5.06 Å². The standard InChI is InChI=1S/C6H7NO2/c1-2-4-7-5-3-6(8)9-7/h1H,3-5H2. The van der Waals surface area contributed by atoms with Crippen LogP contribution in [0.15, 0.2) is 0 Å². The Kier molecular flexibility index (Phi) is 1.71. The van der Waals surface area contributed by atoms with Crippen molar-refractivity contribution in [2.75, 3.05) is 13.1 Å². The molecule has 1 aliphatic rings. The van der Waals surface area contributed by atoms with Crippen LogP contribution in [0.2, 0.25) is 0 Å². The Labute approximate surface area is 53.5 Å². The zero-order valence-corrected chi connectivity index (χ0v) is 4.96.